The average molecular weight is 378 g/mol. The van der Waals surface area contributed by atoms with Crippen LogP contribution in [-0.4, -0.2) is 24.6 Å². The van der Waals surface area contributed by atoms with Gasteiger partial charge in [-0.1, -0.05) is 29.8 Å². The fourth-order valence-corrected chi connectivity index (χ4v) is 2.71. The number of hydrogen-bond donors (Lipinski definition) is 2. The molecular formula is C22H26N4O2. The number of nitrogens with one attached hydrogen (secondary N) is 2. The molecule has 28 heavy (non-hydrogen) atoms. The number of aryl methyl sites for hydroxylation is 1. The number of aliphatic imine (C=N–C) groups is 1. The molecule has 0 aliphatic carbocycles. The molecule has 0 bridgehead atoms. The van der Waals surface area contributed by atoms with Gasteiger partial charge in [0.1, 0.15) is 12.0 Å². The molecule has 6 nitrogen and oxygen atoms in total. The SMILES string of the molecule is CCOc1cccc(CNC(=NC)NCc2coc(-c3ccc(C)cc3)n2)c1. The fraction of sp³-hybridized carbons (Fsp3) is 0.273. The molecule has 0 atom stereocenters. The van der Waals surface area contributed by atoms with Gasteiger partial charge < -0.3 is 19.8 Å². The molecule has 0 radical (unpaired) electrons. The largest absolute Gasteiger partial charge is 0.494 e. The molecule has 2 N–H and O–H groups in total. The molecule has 1 heterocycles. The van der Waals surface area contributed by atoms with Crippen LogP contribution in [0.25, 0.3) is 11.5 Å². The number of guanidine groups is 1. The quantitative estimate of drug-likeness (QED) is 0.482. The molecule has 0 aliphatic rings. The Hall–Kier alpha value is -3.28. The van der Waals surface area contributed by atoms with Crippen molar-refractivity contribution < 1.29 is 9.15 Å². The van der Waals surface area contributed by atoms with E-state index in [2.05, 4.69) is 27.5 Å². The van der Waals surface area contributed by atoms with Crippen molar-refractivity contribution in [1.82, 2.24) is 15.6 Å². The highest BCUT2D eigenvalue weighted by atomic mass is 16.5. The Labute approximate surface area is 165 Å². The Balaban J connectivity index is 1.53. The maximum absolute atomic E-state index is 5.60. The third-order valence-electron chi connectivity index (χ3n) is 4.18. The number of aromatic nitrogens is 1. The van der Waals surface area contributed by atoms with Crippen LogP contribution in [-0.2, 0) is 13.1 Å². The molecule has 146 valence electrons. The minimum atomic E-state index is 0.522. The van der Waals surface area contributed by atoms with Gasteiger partial charge in [-0.2, -0.15) is 0 Å². The first-order chi connectivity index (χ1) is 13.7. The molecule has 2 aromatic carbocycles. The zero-order valence-corrected chi connectivity index (χ0v) is 16.5. The van der Waals surface area contributed by atoms with Crippen LogP contribution in [0.5, 0.6) is 5.75 Å². The Kier molecular flexibility index (Phi) is 6.68. The van der Waals surface area contributed by atoms with Crippen molar-refractivity contribution >= 4 is 5.96 Å². The van der Waals surface area contributed by atoms with E-state index in [4.69, 9.17) is 9.15 Å². The minimum absolute atomic E-state index is 0.522. The summed E-state index contributed by atoms with van der Waals surface area (Å²) >= 11 is 0. The highest BCUT2D eigenvalue weighted by Crippen LogP contribution is 2.19. The lowest BCUT2D eigenvalue weighted by atomic mass is 10.1. The lowest BCUT2D eigenvalue weighted by Crippen LogP contribution is -2.36. The molecule has 0 saturated heterocycles. The second-order valence-electron chi connectivity index (χ2n) is 6.37. The third kappa shape index (κ3) is 5.36. The molecule has 3 aromatic rings. The van der Waals surface area contributed by atoms with Crippen molar-refractivity contribution in [2.24, 2.45) is 4.99 Å². The molecule has 0 saturated carbocycles. The second kappa shape index (κ2) is 9.60. The summed E-state index contributed by atoms with van der Waals surface area (Å²) in [6, 6.07) is 16.1. The van der Waals surface area contributed by atoms with Gasteiger partial charge in [-0.15, -0.1) is 0 Å². The highest BCUT2D eigenvalue weighted by molar-refractivity contribution is 5.79. The lowest BCUT2D eigenvalue weighted by molar-refractivity contribution is 0.340. The summed E-state index contributed by atoms with van der Waals surface area (Å²) in [5.41, 5.74) is 4.11. The number of oxazole rings is 1. The van der Waals surface area contributed by atoms with E-state index < -0.39 is 0 Å². The van der Waals surface area contributed by atoms with E-state index in [0.717, 1.165) is 22.6 Å². The summed E-state index contributed by atoms with van der Waals surface area (Å²) in [5.74, 6) is 2.19. The van der Waals surface area contributed by atoms with Gasteiger partial charge in [0.25, 0.3) is 0 Å². The molecule has 0 spiro atoms. The molecule has 6 heteroatoms. The molecule has 0 fully saturated rings. The van der Waals surface area contributed by atoms with Crippen molar-refractivity contribution in [3.63, 3.8) is 0 Å². The van der Waals surface area contributed by atoms with E-state index in [9.17, 15) is 0 Å². The topological polar surface area (TPSA) is 71.7 Å². The number of ether oxygens (including phenoxy) is 1. The predicted molar refractivity (Wildman–Crippen MR) is 111 cm³/mol. The van der Waals surface area contributed by atoms with E-state index in [1.807, 2.05) is 55.5 Å². The number of nitrogens with zero attached hydrogens (tertiary/aromatic N) is 2. The maximum Gasteiger partial charge on any atom is 0.226 e. The van der Waals surface area contributed by atoms with E-state index in [-0.39, 0.29) is 0 Å². The summed E-state index contributed by atoms with van der Waals surface area (Å²) in [4.78, 5) is 8.79. The fourth-order valence-electron chi connectivity index (χ4n) is 2.71. The number of rotatable bonds is 7. The van der Waals surface area contributed by atoms with Gasteiger partial charge in [0.2, 0.25) is 5.89 Å². The van der Waals surface area contributed by atoms with Crippen LogP contribution in [0.1, 0.15) is 23.7 Å². The second-order valence-corrected chi connectivity index (χ2v) is 6.37. The molecule has 3 rings (SSSR count). The van der Waals surface area contributed by atoms with E-state index in [0.29, 0.717) is 31.5 Å². The zero-order valence-electron chi connectivity index (χ0n) is 16.5. The summed E-state index contributed by atoms with van der Waals surface area (Å²) in [7, 11) is 1.74. The molecule has 0 aliphatic heterocycles. The Morgan fingerprint density at radius 3 is 2.64 bits per heavy atom. The minimum Gasteiger partial charge on any atom is -0.494 e. The van der Waals surface area contributed by atoms with Crippen molar-refractivity contribution in [1.29, 1.82) is 0 Å². The summed E-state index contributed by atoms with van der Waals surface area (Å²) < 4.78 is 11.1. The van der Waals surface area contributed by atoms with Crippen LogP contribution in [0, 0.1) is 6.92 Å². The molecule has 0 unspecified atom stereocenters. The van der Waals surface area contributed by atoms with Crippen LogP contribution < -0.4 is 15.4 Å². The summed E-state index contributed by atoms with van der Waals surface area (Å²) in [6.07, 6.45) is 1.67. The van der Waals surface area contributed by atoms with Gasteiger partial charge in [0.15, 0.2) is 5.96 Å². The van der Waals surface area contributed by atoms with Gasteiger partial charge in [-0.3, -0.25) is 4.99 Å². The average Bonchev–Trinajstić information content (AvgIpc) is 3.18. The Morgan fingerprint density at radius 2 is 1.89 bits per heavy atom. The first-order valence-corrected chi connectivity index (χ1v) is 9.35. The van der Waals surface area contributed by atoms with Crippen molar-refractivity contribution in [3.05, 3.63) is 71.6 Å². The van der Waals surface area contributed by atoms with Crippen LogP contribution >= 0.6 is 0 Å². The van der Waals surface area contributed by atoms with E-state index >= 15 is 0 Å². The van der Waals surface area contributed by atoms with Crippen LogP contribution in [0.4, 0.5) is 0 Å². The first kappa shape index (κ1) is 19.5. The van der Waals surface area contributed by atoms with Gasteiger partial charge in [0.05, 0.1) is 18.8 Å². The zero-order chi connectivity index (χ0) is 19.8. The number of benzene rings is 2. The van der Waals surface area contributed by atoms with E-state index in [1.165, 1.54) is 5.56 Å². The van der Waals surface area contributed by atoms with Crippen LogP contribution in [0.15, 0.2) is 64.2 Å². The van der Waals surface area contributed by atoms with Crippen LogP contribution in [0.3, 0.4) is 0 Å². The molecular weight excluding hydrogens is 352 g/mol. The van der Waals surface area contributed by atoms with Gasteiger partial charge in [-0.25, -0.2) is 4.98 Å². The Morgan fingerprint density at radius 1 is 1.11 bits per heavy atom. The van der Waals surface area contributed by atoms with E-state index in [1.54, 1.807) is 13.3 Å². The lowest BCUT2D eigenvalue weighted by Gasteiger charge is -2.11. The molecule has 1 aromatic heterocycles. The Bertz CT molecular complexity index is 916. The molecule has 0 amide bonds. The summed E-state index contributed by atoms with van der Waals surface area (Å²) in [6.45, 7) is 5.86. The highest BCUT2D eigenvalue weighted by Gasteiger charge is 2.07. The number of hydrogen-bond acceptors (Lipinski definition) is 4. The normalized spacial score (nSPS) is 11.3. The van der Waals surface area contributed by atoms with Crippen molar-refractivity contribution in [3.8, 4) is 17.2 Å². The predicted octanol–water partition coefficient (Wildman–Crippen LogP) is 3.91. The van der Waals surface area contributed by atoms with Gasteiger partial charge in [-0.05, 0) is 43.7 Å². The standard InChI is InChI=1S/C22H26N4O2/c1-4-27-20-7-5-6-17(12-20)13-24-22(23-3)25-14-19-15-28-21(26-19)18-10-8-16(2)9-11-18/h5-12,15H,4,13-14H2,1-3H3,(H2,23,24,25). The van der Waals surface area contributed by atoms with Gasteiger partial charge >= 0.3 is 0 Å². The monoisotopic (exact) mass is 378 g/mol. The van der Waals surface area contributed by atoms with Crippen LogP contribution in [0.2, 0.25) is 0 Å². The van der Waals surface area contributed by atoms with Crippen molar-refractivity contribution in [2.45, 2.75) is 26.9 Å². The van der Waals surface area contributed by atoms with Gasteiger partial charge in [0, 0.05) is 19.2 Å². The van der Waals surface area contributed by atoms with Crippen molar-refractivity contribution in [2.75, 3.05) is 13.7 Å². The smallest absolute Gasteiger partial charge is 0.226 e. The third-order valence-corrected chi connectivity index (χ3v) is 4.18. The maximum atomic E-state index is 5.60. The first-order valence-electron chi connectivity index (χ1n) is 9.35. The summed E-state index contributed by atoms with van der Waals surface area (Å²) in [5, 5.41) is 6.55.